The van der Waals surface area contributed by atoms with Crippen molar-refractivity contribution in [2.24, 2.45) is 0 Å². The molecule has 8 aromatic carbocycles. The Balaban J connectivity index is 1.09. The largest absolute Gasteiger partial charge is 0.309 e. The summed E-state index contributed by atoms with van der Waals surface area (Å²) in [6, 6.07) is 62.8. The van der Waals surface area contributed by atoms with Gasteiger partial charge < -0.3 is 9.13 Å². The van der Waals surface area contributed by atoms with Crippen LogP contribution in [0.15, 0.2) is 182 Å². The Labute approximate surface area is 306 Å². The zero-order valence-electron chi connectivity index (χ0n) is 28.5. The van der Waals surface area contributed by atoms with Crippen LogP contribution in [-0.2, 0) is 4.57 Å². The molecule has 3 heterocycles. The lowest BCUT2D eigenvalue weighted by molar-refractivity contribution is 0.593. The van der Waals surface area contributed by atoms with Gasteiger partial charge in [-0.1, -0.05) is 133 Å². The minimum absolute atomic E-state index is 0.687. The molecule has 0 spiro atoms. The van der Waals surface area contributed by atoms with E-state index in [1.165, 1.54) is 10.8 Å². The van der Waals surface area contributed by atoms with Crippen LogP contribution in [0.3, 0.4) is 0 Å². The molecule has 0 radical (unpaired) electrons. The van der Waals surface area contributed by atoms with Crippen molar-refractivity contribution in [3.8, 4) is 39.5 Å². The lowest BCUT2D eigenvalue weighted by atomic mass is 9.99. The number of nitrogens with zero attached hydrogens (tertiary/aromatic N) is 3. The Morgan fingerprint density at radius 3 is 2.00 bits per heavy atom. The molecule has 2 aromatic heterocycles. The molecule has 248 valence electrons. The van der Waals surface area contributed by atoms with Crippen LogP contribution in [0, 0.1) is 0 Å². The van der Waals surface area contributed by atoms with Crippen molar-refractivity contribution in [3.63, 3.8) is 0 Å². The molecule has 1 aliphatic heterocycles. The van der Waals surface area contributed by atoms with Crippen LogP contribution in [0.2, 0.25) is 0 Å². The van der Waals surface area contributed by atoms with Crippen molar-refractivity contribution in [3.05, 3.63) is 182 Å². The van der Waals surface area contributed by atoms with Crippen LogP contribution in [0.25, 0.3) is 82.9 Å². The molecule has 5 heteroatoms. The fourth-order valence-corrected chi connectivity index (χ4v) is 11.5. The first kappa shape index (κ1) is 30.1. The number of aromatic nitrogens is 3. The molecule has 10 aromatic rings. The van der Waals surface area contributed by atoms with Gasteiger partial charge in [0.1, 0.15) is 0 Å². The number of hydrogen-bond acceptors (Lipinski definition) is 3. The third-order valence-corrected chi connectivity index (χ3v) is 14.0. The molecule has 0 bridgehead atoms. The number of rotatable bonds is 4. The van der Waals surface area contributed by atoms with Gasteiger partial charge in [-0.25, -0.2) is 9.97 Å². The van der Waals surface area contributed by atoms with Gasteiger partial charge in [0.25, 0.3) is 0 Å². The summed E-state index contributed by atoms with van der Waals surface area (Å²) in [6.45, 7) is 0. The van der Waals surface area contributed by atoms with Gasteiger partial charge in [-0.05, 0) is 70.4 Å². The zero-order valence-corrected chi connectivity index (χ0v) is 29.4. The molecule has 1 unspecified atom stereocenters. The van der Waals surface area contributed by atoms with E-state index >= 15 is 4.57 Å². The van der Waals surface area contributed by atoms with Crippen molar-refractivity contribution in [2.45, 2.75) is 0 Å². The van der Waals surface area contributed by atoms with Crippen LogP contribution in [0.5, 0.6) is 0 Å². The Morgan fingerprint density at radius 1 is 0.453 bits per heavy atom. The van der Waals surface area contributed by atoms with E-state index in [0.29, 0.717) is 5.82 Å². The standard InChI is InChI=1S/C48H30N3OP/c52-53(34-15-2-1-3-16-34)45-24-11-8-19-37(45)41-29-44-40(30-46(41)53)36-18-7-10-23-43(36)51(44)33-27-25-32(26-28-33)48-49-42-22-9-6-20-39(42)47(50-48)38-21-12-14-31-13-4-5-17-35(31)38/h1-30H. The maximum atomic E-state index is 15.3. The van der Waals surface area contributed by atoms with Gasteiger partial charge in [-0.2, -0.15) is 0 Å². The average molecular weight is 696 g/mol. The summed E-state index contributed by atoms with van der Waals surface area (Å²) in [5.74, 6) is 0.687. The van der Waals surface area contributed by atoms with Gasteiger partial charge in [0.05, 0.1) is 22.2 Å². The zero-order chi connectivity index (χ0) is 35.1. The fraction of sp³-hybridized carbons (Fsp3) is 0. The van der Waals surface area contributed by atoms with Crippen LogP contribution in [0.4, 0.5) is 0 Å². The highest BCUT2D eigenvalue weighted by Gasteiger charge is 2.40. The highest BCUT2D eigenvalue weighted by atomic mass is 31.2. The first-order chi connectivity index (χ1) is 26.2. The third kappa shape index (κ3) is 4.40. The lowest BCUT2D eigenvalue weighted by Gasteiger charge is -2.16. The number of hydrogen-bond donors (Lipinski definition) is 0. The molecular weight excluding hydrogens is 666 g/mol. The quantitative estimate of drug-likeness (QED) is 0.172. The molecule has 1 atom stereocenters. The molecule has 0 amide bonds. The van der Waals surface area contributed by atoms with E-state index < -0.39 is 7.14 Å². The Hall–Kier alpha value is -6.61. The molecule has 0 aliphatic carbocycles. The summed E-state index contributed by atoms with van der Waals surface area (Å²) in [7, 11) is -3.07. The predicted molar refractivity (Wildman–Crippen MR) is 221 cm³/mol. The van der Waals surface area contributed by atoms with Gasteiger partial charge in [0.15, 0.2) is 13.0 Å². The molecule has 1 aliphatic rings. The first-order valence-corrected chi connectivity index (χ1v) is 19.6. The molecule has 0 saturated carbocycles. The average Bonchev–Trinajstić information content (AvgIpc) is 3.69. The minimum Gasteiger partial charge on any atom is -0.309 e. The van der Waals surface area contributed by atoms with E-state index in [4.69, 9.17) is 9.97 Å². The molecule has 0 fully saturated rings. The normalized spacial score (nSPS) is 14.9. The van der Waals surface area contributed by atoms with Gasteiger partial charge in [-0.3, -0.25) is 0 Å². The van der Waals surface area contributed by atoms with E-state index in [-0.39, 0.29) is 0 Å². The summed E-state index contributed by atoms with van der Waals surface area (Å²) < 4.78 is 17.7. The van der Waals surface area contributed by atoms with Gasteiger partial charge in [0.2, 0.25) is 0 Å². The summed E-state index contributed by atoms with van der Waals surface area (Å²) in [5.41, 5.74) is 9.16. The third-order valence-electron chi connectivity index (χ3n) is 10.8. The minimum atomic E-state index is -3.07. The van der Waals surface area contributed by atoms with E-state index in [9.17, 15) is 0 Å². The fourth-order valence-electron chi connectivity index (χ4n) is 8.38. The summed E-state index contributed by atoms with van der Waals surface area (Å²) in [6.07, 6.45) is 0. The maximum Gasteiger partial charge on any atom is 0.172 e. The van der Waals surface area contributed by atoms with Crippen molar-refractivity contribution in [1.29, 1.82) is 0 Å². The SMILES string of the molecule is O=P1(c2ccccc2)c2ccccc2-c2cc3c(cc21)c1ccccc1n3-c1ccc(-c2nc(-c3cccc4ccccc34)c3ccccc3n2)cc1. The van der Waals surface area contributed by atoms with E-state index in [1.54, 1.807) is 0 Å². The van der Waals surface area contributed by atoms with Crippen LogP contribution >= 0.6 is 7.14 Å². The Kier molecular flexibility index (Phi) is 6.49. The molecule has 0 N–H and O–H groups in total. The van der Waals surface area contributed by atoms with Crippen molar-refractivity contribution in [2.75, 3.05) is 0 Å². The number of para-hydroxylation sites is 2. The van der Waals surface area contributed by atoms with E-state index in [0.717, 1.165) is 82.3 Å². The maximum absolute atomic E-state index is 15.3. The number of fused-ring (bicyclic) bond motifs is 8. The summed E-state index contributed by atoms with van der Waals surface area (Å²) in [5, 5.41) is 8.28. The Morgan fingerprint density at radius 2 is 1.13 bits per heavy atom. The second-order valence-corrected chi connectivity index (χ2v) is 16.4. The topological polar surface area (TPSA) is 47.8 Å². The summed E-state index contributed by atoms with van der Waals surface area (Å²) >= 11 is 0. The second-order valence-electron chi connectivity index (χ2n) is 13.7. The van der Waals surface area contributed by atoms with Crippen molar-refractivity contribution in [1.82, 2.24) is 14.5 Å². The highest BCUT2D eigenvalue weighted by Crippen LogP contribution is 2.53. The molecule has 53 heavy (non-hydrogen) atoms. The van der Waals surface area contributed by atoms with Crippen LogP contribution in [-0.4, -0.2) is 14.5 Å². The van der Waals surface area contributed by atoms with Crippen molar-refractivity contribution >= 4 is 66.5 Å². The monoisotopic (exact) mass is 695 g/mol. The van der Waals surface area contributed by atoms with Crippen molar-refractivity contribution < 1.29 is 4.57 Å². The molecule has 11 rings (SSSR count). The highest BCUT2D eigenvalue weighted by molar-refractivity contribution is 7.86. The van der Waals surface area contributed by atoms with Crippen LogP contribution in [0.1, 0.15) is 0 Å². The van der Waals surface area contributed by atoms with Gasteiger partial charge in [-0.15, -0.1) is 0 Å². The van der Waals surface area contributed by atoms with Crippen LogP contribution < -0.4 is 15.9 Å². The lowest BCUT2D eigenvalue weighted by Crippen LogP contribution is -2.20. The van der Waals surface area contributed by atoms with Gasteiger partial charge >= 0.3 is 0 Å². The predicted octanol–water partition coefficient (Wildman–Crippen LogP) is 10.8. The molecule has 0 saturated heterocycles. The van der Waals surface area contributed by atoms with Gasteiger partial charge in [0, 0.05) is 48.9 Å². The molecular formula is C48H30N3OP. The molecule has 4 nitrogen and oxygen atoms in total. The van der Waals surface area contributed by atoms with E-state index in [2.05, 4.69) is 132 Å². The second kappa shape index (κ2) is 11.4. The summed E-state index contributed by atoms with van der Waals surface area (Å²) in [4.78, 5) is 10.3. The number of benzene rings is 8. The Bertz CT molecular complexity index is 3140. The first-order valence-electron chi connectivity index (χ1n) is 17.9. The van der Waals surface area contributed by atoms with E-state index in [1.807, 2.05) is 54.6 Å². The smallest absolute Gasteiger partial charge is 0.172 e.